The lowest BCUT2D eigenvalue weighted by molar-refractivity contribution is -0.383. The number of rotatable bonds is 7. The van der Waals surface area contributed by atoms with E-state index in [-0.39, 0.29) is 17.3 Å². The van der Waals surface area contributed by atoms with Gasteiger partial charge in [0.1, 0.15) is 19.5 Å². The van der Waals surface area contributed by atoms with Crippen LogP contribution < -0.4 is 20.1 Å². The van der Waals surface area contributed by atoms with E-state index in [0.29, 0.717) is 57.3 Å². The van der Waals surface area contributed by atoms with Gasteiger partial charge in [-0.15, -0.1) is 0 Å². The van der Waals surface area contributed by atoms with Crippen LogP contribution in [0.1, 0.15) is 22.6 Å². The lowest BCUT2D eigenvalue weighted by Crippen LogP contribution is -2.15. The van der Waals surface area contributed by atoms with Gasteiger partial charge < -0.3 is 20.1 Å². The van der Waals surface area contributed by atoms with Crippen LogP contribution in [0.2, 0.25) is 10.0 Å². The minimum Gasteiger partial charge on any atom is -0.486 e. The molecule has 0 radical (unpaired) electrons. The minimum atomic E-state index is -0.627. The zero-order valence-electron chi connectivity index (χ0n) is 20.4. The third-order valence-corrected chi connectivity index (χ3v) is 6.63. The van der Waals surface area contributed by atoms with Gasteiger partial charge in [0.2, 0.25) is 11.6 Å². The summed E-state index contributed by atoms with van der Waals surface area (Å²) in [7, 11) is 0. The highest BCUT2D eigenvalue weighted by Crippen LogP contribution is 2.39. The average Bonchev–Trinajstić information content (AvgIpc) is 2.92. The van der Waals surface area contributed by atoms with E-state index in [2.05, 4.69) is 26.7 Å². The van der Waals surface area contributed by atoms with Crippen LogP contribution in [-0.4, -0.2) is 28.1 Å². The molecule has 12 heteroatoms. The van der Waals surface area contributed by atoms with E-state index in [9.17, 15) is 15.4 Å². The first-order chi connectivity index (χ1) is 18.8. The van der Waals surface area contributed by atoms with E-state index in [4.69, 9.17) is 32.7 Å². The number of aryl methyl sites for hydroxylation is 1. The van der Waals surface area contributed by atoms with Gasteiger partial charge in [0.25, 0.3) is 0 Å². The number of ether oxygens (including phenoxy) is 2. The fraction of sp³-hybridized carbons (Fsp3) is 0.148. The van der Waals surface area contributed by atoms with Crippen LogP contribution in [0.3, 0.4) is 0 Å². The van der Waals surface area contributed by atoms with E-state index in [0.717, 1.165) is 5.56 Å². The molecule has 5 rings (SSSR count). The van der Waals surface area contributed by atoms with Crippen LogP contribution in [0, 0.1) is 28.4 Å². The summed E-state index contributed by atoms with van der Waals surface area (Å²) in [5.74, 6) is 0.453. The summed E-state index contributed by atoms with van der Waals surface area (Å²) in [5, 5.41) is 28.8. The predicted octanol–water partition coefficient (Wildman–Crippen LogP) is 6.91. The Labute approximate surface area is 233 Å². The molecular formula is C27H20Cl2N6O4. The van der Waals surface area contributed by atoms with Gasteiger partial charge in [-0.3, -0.25) is 10.1 Å². The van der Waals surface area contributed by atoms with Crippen molar-refractivity contribution < 1.29 is 14.4 Å². The topological polar surface area (TPSA) is 135 Å². The number of halogens is 2. The molecule has 39 heavy (non-hydrogen) atoms. The molecule has 1 aliphatic rings. The van der Waals surface area contributed by atoms with Gasteiger partial charge in [0, 0.05) is 27.5 Å². The Hall–Kier alpha value is -4.59. The summed E-state index contributed by atoms with van der Waals surface area (Å²) in [6, 6.07) is 17.7. The van der Waals surface area contributed by atoms with E-state index >= 15 is 0 Å². The summed E-state index contributed by atoms with van der Waals surface area (Å²) >= 11 is 12.6. The number of aromatic nitrogens is 2. The van der Waals surface area contributed by atoms with Crippen molar-refractivity contribution in [1.82, 2.24) is 9.97 Å². The van der Waals surface area contributed by atoms with Crippen molar-refractivity contribution in [1.29, 1.82) is 5.26 Å². The molecule has 1 atom stereocenters. The maximum absolute atomic E-state index is 12.1. The number of benzene rings is 3. The van der Waals surface area contributed by atoms with Crippen molar-refractivity contribution in [2.45, 2.75) is 12.8 Å². The molecule has 0 saturated carbocycles. The molecule has 0 bridgehead atoms. The molecule has 1 aromatic heterocycles. The predicted molar refractivity (Wildman–Crippen MR) is 148 cm³/mol. The van der Waals surface area contributed by atoms with Gasteiger partial charge in [0.15, 0.2) is 11.5 Å². The first-order valence-electron chi connectivity index (χ1n) is 11.7. The Kier molecular flexibility index (Phi) is 7.36. The summed E-state index contributed by atoms with van der Waals surface area (Å²) in [6.45, 7) is 2.67. The summed E-state index contributed by atoms with van der Waals surface area (Å²) in [4.78, 5) is 19.7. The highest BCUT2D eigenvalue weighted by Gasteiger charge is 2.25. The van der Waals surface area contributed by atoms with Crippen molar-refractivity contribution in [2.24, 2.45) is 0 Å². The molecule has 1 unspecified atom stereocenters. The monoisotopic (exact) mass is 562 g/mol. The first-order valence-corrected chi connectivity index (χ1v) is 12.5. The lowest BCUT2D eigenvalue weighted by Gasteiger charge is -2.19. The molecule has 0 fully saturated rings. The normalized spacial score (nSPS) is 12.8. The van der Waals surface area contributed by atoms with Crippen LogP contribution >= 0.6 is 23.2 Å². The number of hydrogen-bond donors (Lipinski definition) is 2. The maximum Gasteiger partial charge on any atom is 0.353 e. The van der Waals surface area contributed by atoms with Crippen molar-refractivity contribution in [2.75, 3.05) is 23.8 Å². The van der Waals surface area contributed by atoms with E-state index in [1.807, 2.05) is 0 Å². The van der Waals surface area contributed by atoms with Gasteiger partial charge in [0.05, 0.1) is 16.9 Å². The quantitative estimate of drug-likeness (QED) is 0.182. The Morgan fingerprint density at radius 1 is 1.00 bits per heavy atom. The Bertz CT molecular complexity index is 1610. The molecule has 3 aromatic carbocycles. The van der Waals surface area contributed by atoms with Gasteiger partial charge >= 0.3 is 5.69 Å². The van der Waals surface area contributed by atoms with E-state index in [1.54, 1.807) is 61.5 Å². The zero-order chi connectivity index (χ0) is 27.5. The molecule has 0 amide bonds. The number of nitrogens with one attached hydrogen (secondary N) is 2. The van der Waals surface area contributed by atoms with E-state index in [1.165, 1.54) is 6.33 Å². The molecule has 2 N–H and O–H groups in total. The number of hydrogen-bond acceptors (Lipinski definition) is 9. The maximum atomic E-state index is 12.1. The molecule has 196 valence electrons. The van der Waals surface area contributed by atoms with Gasteiger partial charge in [-0.1, -0.05) is 41.4 Å². The second-order valence-electron chi connectivity index (χ2n) is 8.59. The fourth-order valence-electron chi connectivity index (χ4n) is 4.16. The number of nitriles is 1. The smallest absolute Gasteiger partial charge is 0.353 e. The summed E-state index contributed by atoms with van der Waals surface area (Å²) in [5.41, 5.74) is 2.71. The number of fused-ring (bicyclic) bond motifs is 1. The molecular weight excluding hydrogens is 543 g/mol. The molecule has 0 aliphatic carbocycles. The second-order valence-corrected chi connectivity index (χ2v) is 9.43. The summed E-state index contributed by atoms with van der Waals surface area (Å²) in [6.07, 6.45) is 1.22. The van der Waals surface area contributed by atoms with E-state index < -0.39 is 10.8 Å². The minimum absolute atomic E-state index is 0.0122. The highest BCUT2D eigenvalue weighted by molar-refractivity contribution is 6.32. The molecule has 2 heterocycles. The second kappa shape index (κ2) is 11.0. The first kappa shape index (κ1) is 26.0. The highest BCUT2D eigenvalue weighted by atomic mass is 35.5. The fourth-order valence-corrected chi connectivity index (χ4v) is 4.56. The van der Waals surface area contributed by atoms with Crippen LogP contribution in [-0.2, 0) is 0 Å². The third kappa shape index (κ3) is 5.50. The Morgan fingerprint density at radius 2 is 1.69 bits per heavy atom. The van der Waals surface area contributed by atoms with Crippen molar-refractivity contribution >= 4 is 51.9 Å². The Morgan fingerprint density at radius 3 is 2.38 bits per heavy atom. The molecule has 1 aliphatic heterocycles. The van der Waals surface area contributed by atoms with Gasteiger partial charge in [-0.05, 0) is 53.9 Å². The van der Waals surface area contributed by atoms with Gasteiger partial charge in [-0.2, -0.15) is 5.26 Å². The standard InChI is InChI=1S/C27H20Cl2N6O4/c1-15-10-19(20(13-30)16-2-4-17(28)5-3-16)21(29)12-22(15)34-27-25(35(36)37)26(31-14-32-27)33-18-6-7-23-24(11-18)39-9-8-38-23/h2-7,10-12,14,20H,8-9H2,1H3,(H2,31,32,33,34). The summed E-state index contributed by atoms with van der Waals surface area (Å²) < 4.78 is 11.1. The van der Waals surface area contributed by atoms with Crippen LogP contribution in [0.25, 0.3) is 0 Å². The number of nitro groups is 1. The zero-order valence-corrected chi connectivity index (χ0v) is 22.0. The molecule has 0 saturated heterocycles. The van der Waals surface area contributed by atoms with Crippen molar-refractivity contribution in [3.8, 4) is 17.6 Å². The number of nitrogens with zero attached hydrogens (tertiary/aromatic N) is 4. The Balaban J connectivity index is 1.45. The van der Waals surface area contributed by atoms with Crippen molar-refractivity contribution in [3.05, 3.63) is 97.8 Å². The van der Waals surface area contributed by atoms with Crippen LogP contribution in [0.4, 0.5) is 28.7 Å². The lowest BCUT2D eigenvalue weighted by atomic mass is 9.91. The number of anilines is 4. The van der Waals surface area contributed by atoms with Gasteiger partial charge in [-0.25, -0.2) is 9.97 Å². The molecule has 0 spiro atoms. The molecule has 4 aromatic rings. The largest absolute Gasteiger partial charge is 0.486 e. The third-order valence-electron chi connectivity index (χ3n) is 6.05. The van der Waals surface area contributed by atoms with Crippen LogP contribution in [0.5, 0.6) is 11.5 Å². The average molecular weight is 563 g/mol. The van der Waals surface area contributed by atoms with Crippen LogP contribution in [0.15, 0.2) is 60.9 Å². The van der Waals surface area contributed by atoms with Crippen molar-refractivity contribution in [3.63, 3.8) is 0 Å². The SMILES string of the molecule is Cc1cc(C(C#N)c2ccc(Cl)cc2)c(Cl)cc1Nc1ncnc(Nc2ccc3c(c2)OCCO3)c1[N+](=O)[O-]. The molecule has 10 nitrogen and oxygen atoms in total.